The van der Waals surface area contributed by atoms with Gasteiger partial charge in [-0.2, -0.15) is 5.10 Å². The van der Waals surface area contributed by atoms with E-state index < -0.39 is 43.5 Å². The molecule has 648 valence electrons. The number of rotatable bonds is 25. The summed E-state index contributed by atoms with van der Waals surface area (Å²) in [6.07, 6.45) is 8.83. The molecule has 5 aromatic heterocycles. The number of methoxy groups -OCH3 is 1. The predicted octanol–water partition coefficient (Wildman–Crippen LogP) is 19.9. The maximum atomic E-state index is 12.8. The number of benzene rings is 8. The fraction of sp³-hybridized carbons (Fsp3) is 0.133. The Hall–Kier alpha value is -12.2. The Morgan fingerprint density at radius 2 is 0.746 bits per heavy atom. The number of nitrogens with zero attached hydrogens (tertiary/aromatic N) is 7. The van der Waals surface area contributed by atoms with Crippen LogP contribution in [0.2, 0.25) is 40.2 Å². The van der Waals surface area contributed by atoms with Crippen LogP contribution < -0.4 is 41.5 Å². The molecule has 26 nitrogen and oxygen atoms in total. The molecule has 8 aromatic carbocycles. The number of carbonyl (C=O) groups excluding carboxylic acids is 7. The highest BCUT2D eigenvalue weighted by molar-refractivity contribution is 7.92. The second-order valence-electron chi connectivity index (χ2n) is 27.8. The molecular weight excluding hydrogens is 1820 g/mol. The molecular formula is C90H78Cl8N14O12S2. The van der Waals surface area contributed by atoms with E-state index in [0.717, 1.165) is 18.2 Å². The van der Waals surface area contributed by atoms with Gasteiger partial charge in [0.05, 0.1) is 122 Å². The molecule has 0 spiro atoms. The fourth-order valence-electron chi connectivity index (χ4n) is 11.8. The van der Waals surface area contributed by atoms with E-state index in [4.69, 9.17) is 97.5 Å². The standard InChI is InChI=1S/C24H19Cl2N5O2.C22H21Cl2N3O4S.C22H19Cl2N3O4S.C22H19Cl2N3O2/c1-14-11-22(31(2)30-14)29-23(32)15-6-8-17(20(26)12-15)24(33)28-16-7-9-19(25)18(13-16)21-5-3-4-10-27-21;1-31-12-11-27(32(2,29)30)16-7-8-17(20(24)14-16)22(28)26-15-6-9-19(23)18(13-15)21-5-3-4-10-25-21;1-32(30,31)11-10-26-21(28)14-5-7-16(19(24)12-14)22(29)27-15-6-8-18(23)17(13-15)20-4-2-3-9-25-20;1-13(2)26-21(28)14-6-8-16(19(24)11-14)22(29)27-15-7-9-18(23)17(12-15)20-5-3-4-10-25-20/h3-13H,1-2H3,(H,28,33)(H,29,32);3-10,13-14H,11-12H2,1-2H3,(H,26,28);2-9,12-13H,10-11H2,1H3,(H,26,28)(H,27,29);3-13H,1-2H3,(H,26,28)(H,27,29). The quantitative estimate of drug-likeness (QED) is 0.0279. The molecule has 126 heavy (non-hydrogen) atoms. The highest BCUT2D eigenvalue weighted by Gasteiger charge is 2.24. The summed E-state index contributed by atoms with van der Waals surface area (Å²) < 4.78 is 54.3. The number of carbonyl (C=O) groups is 7. The minimum absolute atomic E-state index is 0.00227. The molecule has 0 saturated carbocycles. The minimum atomic E-state index is -3.55. The molecule has 0 fully saturated rings. The first kappa shape index (κ1) is 96.1. The Balaban J connectivity index is 0.000000176. The van der Waals surface area contributed by atoms with Crippen LogP contribution >= 0.6 is 92.8 Å². The molecule has 0 unspecified atom stereocenters. The van der Waals surface area contributed by atoms with Crippen molar-refractivity contribution in [3.8, 4) is 45.0 Å². The number of hydrogen-bond acceptors (Lipinski definition) is 17. The number of halogens is 8. The molecule has 7 N–H and O–H groups in total. The second kappa shape index (κ2) is 44.6. The first-order valence-electron chi connectivity index (χ1n) is 37.8. The average molecular weight is 1900 g/mol. The molecule has 0 aliphatic rings. The third-order valence-electron chi connectivity index (χ3n) is 17.9. The van der Waals surface area contributed by atoms with Gasteiger partial charge in [-0.25, -0.2) is 16.8 Å². The number of ether oxygens (including phenoxy) is 1. The number of nitrogens with one attached hydrogen (secondary N) is 7. The largest absolute Gasteiger partial charge is 0.383 e. The molecule has 5 heterocycles. The second-order valence-corrected chi connectivity index (χ2v) is 35.2. The molecule has 0 aliphatic heterocycles. The SMILES string of the molecule is CC(C)NC(=O)c1ccc(C(=O)Nc2ccc(Cl)c(-c3ccccn3)c2)c(Cl)c1.COCCN(c1ccc(C(=O)Nc2ccc(Cl)c(-c3ccccn3)c2)c(Cl)c1)S(C)(=O)=O.CS(=O)(=O)CCNC(=O)c1ccc(C(=O)Nc2ccc(Cl)c(-c3ccccn3)c2)c(Cl)c1.Cc1cc(NC(=O)c2ccc(C(=O)Nc3ccc(Cl)c(-c4ccccn4)c3)c(Cl)c2)n(C)n1. The van der Waals surface area contributed by atoms with Crippen LogP contribution in [0.3, 0.4) is 0 Å². The number of sulfone groups is 1. The molecule has 0 saturated heterocycles. The first-order chi connectivity index (χ1) is 60.0. The van der Waals surface area contributed by atoms with Crippen molar-refractivity contribution in [1.82, 2.24) is 40.3 Å². The number of amides is 7. The van der Waals surface area contributed by atoms with E-state index in [-0.39, 0.29) is 97.1 Å². The highest BCUT2D eigenvalue weighted by atomic mass is 35.5. The van der Waals surface area contributed by atoms with Gasteiger partial charge < -0.3 is 42.0 Å². The van der Waals surface area contributed by atoms with Gasteiger partial charge >= 0.3 is 0 Å². The summed E-state index contributed by atoms with van der Waals surface area (Å²) in [6.45, 7) is 5.88. The Labute approximate surface area is 766 Å². The number of pyridine rings is 4. The summed E-state index contributed by atoms with van der Waals surface area (Å²) >= 11 is 50.3. The van der Waals surface area contributed by atoms with Crippen molar-refractivity contribution < 1.29 is 55.1 Å². The van der Waals surface area contributed by atoms with Crippen LogP contribution in [-0.4, -0.2) is 139 Å². The summed E-state index contributed by atoms with van der Waals surface area (Å²) in [5.74, 6) is -2.41. The van der Waals surface area contributed by atoms with Gasteiger partial charge in [-0.05, 0) is 215 Å². The topological polar surface area (TPSA) is 354 Å². The van der Waals surface area contributed by atoms with Gasteiger partial charge in [-0.15, -0.1) is 0 Å². The first-order valence-corrected chi connectivity index (χ1v) is 44.8. The smallest absolute Gasteiger partial charge is 0.257 e. The van der Waals surface area contributed by atoms with Gasteiger partial charge in [0.2, 0.25) is 10.0 Å². The van der Waals surface area contributed by atoms with E-state index in [2.05, 4.69) is 62.3 Å². The van der Waals surface area contributed by atoms with E-state index in [9.17, 15) is 50.4 Å². The van der Waals surface area contributed by atoms with E-state index >= 15 is 0 Å². The molecule has 0 aliphatic carbocycles. The molecule has 36 heteroatoms. The molecule has 13 rings (SSSR count). The normalized spacial score (nSPS) is 10.9. The Kier molecular flexibility index (Phi) is 34.0. The van der Waals surface area contributed by atoms with Crippen LogP contribution in [0.25, 0.3) is 45.0 Å². The Morgan fingerprint density at radius 1 is 0.405 bits per heavy atom. The van der Waals surface area contributed by atoms with Crippen molar-refractivity contribution >= 4 is 188 Å². The lowest BCUT2D eigenvalue weighted by Crippen LogP contribution is -2.33. The molecule has 0 radical (unpaired) electrons. The minimum Gasteiger partial charge on any atom is -0.383 e. The molecule has 7 amide bonds. The molecule has 0 bridgehead atoms. The summed E-state index contributed by atoms with van der Waals surface area (Å²) in [4.78, 5) is 105. The van der Waals surface area contributed by atoms with Crippen LogP contribution in [-0.2, 0) is 31.6 Å². The Morgan fingerprint density at radius 3 is 1.04 bits per heavy atom. The average Bonchev–Trinajstić information content (AvgIpc) is 1.35. The summed E-state index contributed by atoms with van der Waals surface area (Å²) in [6, 6.07) is 61.8. The fourth-order valence-corrected chi connectivity index (χ4v) is 15.1. The lowest BCUT2D eigenvalue weighted by Gasteiger charge is -2.22. The predicted molar refractivity (Wildman–Crippen MR) is 501 cm³/mol. The van der Waals surface area contributed by atoms with Crippen LogP contribution in [0, 0.1) is 6.92 Å². The molecule has 13 aromatic rings. The summed E-state index contributed by atoms with van der Waals surface area (Å²) in [5.41, 5.74) is 10.5. The van der Waals surface area contributed by atoms with Gasteiger partial charge in [0.25, 0.3) is 41.4 Å². The number of aromatic nitrogens is 6. The van der Waals surface area contributed by atoms with Crippen LogP contribution in [0.1, 0.15) is 92.0 Å². The third kappa shape index (κ3) is 27.2. The van der Waals surface area contributed by atoms with Crippen LogP contribution in [0.4, 0.5) is 34.3 Å². The van der Waals surface area contributed by atoms with Crippen LogP contribution in [0.5, 0.6) is 0 Å². The highest BCUT2D eigenvalue weighted by Crippen LogP contribution is 2.36. The maximum Gasteiger partial charge on any atom is 0.257 e. The van der Waals surface area contributed by atoms with Crippen molar-refractivity contribution in [1.29, 1.82) is 0 Å². The van der Waals surface area contributed by atoms with Gasteiger partial charge in [0, 0.05) is 126 Å². The number of anilines is 6. The zero-order valence-electron chi connectivity index (χ0n) is 67.9. The van der Waals surface area contributed by atoms with Gasteiger partial charge in [0.1, 0.15) is 15.7 Å². The van der Waals surface area contributed by atoms with Crippen molar-refractivity contribution in [2.24, 2.45) is 7.05 Å². The van der Waals surface area contributed by atoms with Crippen molar-refractivity contribution in [2.45, 2.75) is 26.8 Å². The lowest BCUT2D eigenvalue weighted by atomic mass is 10.1. The van der Waals surface area contributed by atoms with E-state index in [1.165, 1.54) is 72.1 Å². The number of hydrogen-bond donors (Lipinski definition) is 7. The number of aryl methyl sites for hydroxylation is 2. The van der Waals surface area contributed by atoms with Crippen molar-refractivity contribution in [3.63, 3.8) is 0 Å². The van der Waals surface area contributed by atoms with E-state index in [1.54, 1.807) is 140 Å². The van der Waals surface area contributed by atoms with Crippen molar-refractivity contribution in [3.05, 3.63) is 334 Å². The van der Waals surface area contributed by atoms with Crippen LogP contribution in [0.15, 0.2) is 249 Å². The van der Waals surface area contributed by atoms with Gasteiger partial charge in [-0.1, -0.05) is 117 Å². The lowest BCUT2D eigenvalue weighted by molar-refractivity contribution is 0.0937. The zero-order valence-corrected chi connectivity index (χ0v) is 75.6. The maximum absolute atomic E-state index is 12.8. The summed E-state index contributed by atoms with van der Waals surface area (Å²) in [7, 11) is -3.52. The molecule has 0 atom stereocenters. The monoisotopic (exact) mass is 1890 g/mol. The van der Waals surface area contributed by atoms with Crippen molar-refractivity contribution in [2.75, 3.05) is 76.0 Å². The van der Waals surface area contributed by atoms with E-state index in [0.29, 0.717) is 111 Å². The van der Waals surface area contributed by atoms with Gasteiger partial charge in [-0.3, -0.25) is 62.5 Å². The zero-order chi connectivity index (χ0) is 91.1. The third-order valence-corrected chi connectivity index (χ3v) is 22.6. The number of sulfonamides is 1. The Bertz CT molecular complexity index is 6430. The van der Waals surface area contributed by atoms with Gasteiger partial charge in [0.15, 0.2) is 0 Å². The van der Waals surface area contributed by atoms with E-state index in [1.807, 2.05) is 81.4 Å². The summed E-state index contributed by atoms with van der Waals surface area (Å²) in [5, 5.41) is 26.0.